The van der Waals surface area contributed by atoms with Gasteiger partial charge in [0.2, 0.25) is 10.0 Å². The molecule has 178 valence electrons. The van der Waals surface area contributed by atoms with Gasteiger partial charge in [-0.1, -0.05) is 37.3 Å². The van der Waals surface area contributed by atoms with Crippen molar-refractivity contribution in [3.05, 3.63) is 80.7 Å². The molecule has 10 heteroatoms. The number of hydrogen-bond acceptors (Lipinski definition) is 6. The summed E-state index contributed by atoms with van der Waals surface area (Å²) in [5.74, 6) is -0.285. The van der Waals surface area contributed by atoms with Gasteiger partial charge in [0, 0.05) is 44.7 Å². The molecule has 2 aliphatic rings. The lowest BCUT2D eigenvalue weighted by Crippen LogP contribution is -2.48. The summed E-state index contributed by atoms with van der Waals surface area (Å²) in [4.78, 5) is 25.7. The Hall–Kier alpha value is -2.98. The van der Waals surface area contributed by atoms with Crippen molar-refractivity contribution in [2.45, 2.75) is 26.2 Å². The van der Waals surface area contributed by atoms with Crippen LogP contribution < -0.4 is 5.32 Å². The summed E-state index contributed by atoms with van der Waals surface area (Å²) in [5, 5.41) is 14.5. The van der Waals surface area contributed by atoms with Crippen LogP contribution in [0.1, 0.15) is 42.1 Å². The highest BCUT2D eigenvalue weighted by atomic mass is 32.2. The molecule has 1 fully saturated rings. The summed E-state index contributed by atoms with van der Waals surface area (Å²) in [5.41, 5.74) is 2.89. The van der Waals surface area contributed by atoms with E-state index in [0.29, 0.717) is 37.4 Å². The second-order valence-corrected chi connectivity index (χ2v) is 10.3. The fourth-order valence-corrected chi connectivity index (χ4v) is 5.31. The Morgan fingerprint density at radius 3 is 2.45 bits per heavy atom. The van der Waals surface area contributed by atoms with Gasteiger partial charge in [-0.15, -0.1) is 0 Å². The number of benzene rings is 1. The molecule has 3 rings (SSSR count). The molecule has 1 unspecified atom stereocenters. The highest BCUT2D eigenvalue weighted by Crippen LogP contribution is 2.32. The normalized spacial score (nSPS) is 18.5. The van der Waals surface area contributed by atoms with Crippen LogP contribution in [0.5, 0.6) is 0 Å². The Balaban J connectivity index is 1.85. The first kappa shape index (κ1) is 24.7. The molecule has 1 aliphatic heterocycles. The Bertz CT molecular complexity index is 1120. The van der Waals surface area contributed by atoms with Gasteiger partial charge in [-0.3, -0.25) is 14.9 Å². The third-order valence-electron chi connectivity index (χ3n) is 6.22. The molecule has 1 atom stereocenters. The van der Waals surface area contributed by atoms with Crippen molar-refractivity contribution in [1.82, 2.24) is 14.5 Å². The van der Waals surface area contributed by atoms with Gasteiger partial charge >= 0.3 is 0 Å². The van der Waals surface area contributed by atoms with E-state index >= 15 is 0 Å². The van der Waals surface area contributed by atoms with Crippen LogP contribution in [-0.4, -0.2) is 67.4 Å². The molecule has 1 aromatic rings. The van der Waals surface area contributed by atoms with E-state index in [1.165, 1.54) is 4.31 Å². The molecule has 0 saturated carbocycles. The molecule has 0 spiro atoms. The smallest absolute Gasteiger partial charge is 0.273 e. The number of piperazine rings is 1. The average molecular weight is 475 g/mol. The van der Waals surface area contributed by atoms with E-state index in [9.17, 15) is 23.3 Å². The molecule has 1 aromatic carbocycles. The average Bonchev–Trinajstić information content (AvgIpc) is 3.06. The monoisotopic (exact) mass is 474 g/mol. The SMILES string of the molecule is CCS(=O)(=O)N1CCN(C2=C([N+](=O)[O-])CC=C(C(C)c3ccccc3C(=O)NC)C=C2)CC1. The molecular weight excluding hydrogens is 444 g/mol. The van der Waals surface area contributed by atoms with Crippen LogP contribution in [0.4, 0.5) is 0 Å². The second-order valence-electron chi connectivity index (χ2n) is 8.01. The van der Waals surface area contributed by atoms with Crippen molar-refractivity contribution in [3.63, 3.8) is 0 Å². The predicted molar refractivity (Wildman–Crippen MR) is 127 cm³/mol. The zero-order chi connectivity index (χ0) is 24.2. The Kier molecular flexibility index (Phi) is 7.70. The first-order valence-electron chi connectivity index (χ1n) is 11.0. The number of carbonyl (C=O) groups is 1. The van der Waals surface area contributed by atoms with E-state index in [-0.39, 0.29) is 34.6 Å². The van der Waals surface area contributed by atoms with Crippen LogP contribution >= 0.6 is 0 Å². The molecule has 9 nitrogen and oxygen atoms in total. The number of sulfonamides is 1. The van der Waals surface area contributed by atoms with Gasteiger partial charge in [0.05, 0.1) is 17.1 Å². The second kappa shape index (κ2) is 10.3. The van der Waals surface area contributed by atoms with Crippen molar-refractivity contribution in [1.29, 1.82) is 0 Å². The Morgan fingerprint density at radius 1 is 1.18 bits per heavy atom. The van der Waals surface area contributed by atoms with Gasteiger partial charge in [-0.25, -0.2) is 8.42 Å². The molecule has 1 N–H and O–H groups in total. The van der Waals surface area contributed by atoms with Crippen LogP contribution in [0.15, 0.2) is 59.5 Å². The number of rotatable bonds is 7. The van der Waals surface area contributed by atoms with Crippen LogP contribution in [0.2, 0.25) is 0 Å². The predicted octanol–water partition coefficient (Wildman–Crippen LogP) is 2.49. The maximum atomic E-state index is 12.3. The van der Waals surface area contributed by atoms with E-state index in [1.54, 1.807) is 32.2 Å². The summed E-state index contributed by atoms with van der Waals surface area (Å²) < 4.78 is 25.7. The highest BCUT2D eigenvalue weighted by molar-refractivity contribution is 7.89. The van der Waals surface area contributed by atoms with Gasteiger partial charge in [0.1, 0.15) is 5.70 Å². The summed E-state index contributed by atoms with van der Waals surface area (Å²) in [6, 6.07) is 7.34. The first-order chi connectivity index (χ1) is 15.7. The molecule has 0 radical (unpaired) electrons. The standard InChI is InChI=1S/C23H30N4O5S/c1-4-33(31,32)26-15-13-25(14-16-26)21-11-9-18(10-12-22(21)27(29)30)17(2)19-7-5-6-8-20(19)23(28)24-3/h5-11,17H,4,12-16H2,1-3H3,(H,24,28). The summed E-state index contributed by atoms with van der Waals surface area (Å²) >= 11 is 0. The first-order valence-corrected chi connectivity index (χ1v) is 12.6. The minimum atomic E-state index is -3.28. The van der Waals surface area contributed by atoms with Gasteiger partial charge in [-0.2, -0.15) is 4.31 Å². The highest BCUT2D eigenvalue weighted by Gasteiger charge is 2.30. The van der Waals surface area contributed by atoms with Crippen LogP contribution in [0, 0.1) is 10.1 Å². The van der Waals surface area contributed by atoms with E-state index in [4.69, 9.17) is 0 Å². The summed E-state index contributed by atoms with van der Waals surface area (Å²) in [7, 11) is -1.70. The van der Waals surface area contributed by atoms with Gasteiger partial charge < -0.3 is 10.2 Å². The number of allylic oxidation sites excluding steroid dienone is 4. The van der Waals surface area contributed by atoms with E-state index in [2.05, 4.69) is 5.32 Å². The molecule has 0 bridgehead atoms. The maximum Gasteiger partial charge on any atom is 0.273 e. The third kappa shape index (κ3) is 5.33. The lowest BCUT2D eigenvalue weighted by molar-refractivity contribution is -0.428. The van der Waals surface area contributed by atoms with Crippen LogP contribution in [0.25, 0.3) is 0 Å². The fraction of sp³-hybridized carbons (Fsp3) is 0.435. The van der Waals surface area contributed by atoms with Crippen LogP contribution in [0.3, 0.4) is 0 Å². The quantitative estimate of drug-likeness (QED) is 0.480. The largest absolute Gasteiger partial charge is 0.364 e. The van der Waals surface area contributed by atoms with Crippen molar-refractivity contribution in [2.24, 2.45) is 0 Å². The van der Waals surface area contributed by atoms with Crippen molar-refractivity contribution >= 4 is 15.9 Å². The summed E-state index contributed by atoms with van der Waals surface area (Å²) in [6.45, 7) is 4.97. The van der Waals surface area contributed by atoms with Gasteiger partial charge in [0.25, 0.3) is 11.6 Å². The van der Waals surface area contributed by atoms with Crippen molar-refractivity contribution in [2.75, 3.05) is 39.0 Å². The van der Waals surface area contributed by atoms with Crippen LogP contribution in [-0.2, 0) is 10.0 Å². The number of carbonyl (C=O) groups excluding carboxylic acids is 1. The van der Waals surface area contributed by atoms with Crippen molar-refractivity contribution < 1.29 is 18.1 Å². The number of nitrogens with zero attached hydrogens (tertiary/aromatic N) is 3. The minimum Gasteiger partial charge on any atom is -0.364 e. The lowest BCUT2D eigenvalue weighted by atomic mass is 9.88. The third-order valence-corrected chi connectivity index (χ3v) is 8.10. The zero-order valence-corrected chi connectivity index (χ0v) is 20.0. The lowest BCUT2D eigenvalue weighted by Gasteiger charge is -2.35. The Labute approximate surface area is 194 Å². The maximum absolute atomic E-state index is 12.3. The minimum absolute atomic E-state index is 0.0401. The fourth-order valence-electron chi connectivity index (χ4n) is 4.22. The number of nitrogens with one attached hydrogen (secondary N) is 1. The molecule has 1 aliphatic carbocycles. The Morgan fingerprint density at radius 2 is 1.85 bits per heavy atom. The van der Waals surface area contributed by atoms with Crippen molar-refractivity contribution in [3.8, 4) is 0 Å². The molecule has 1 amide bonds. The molecule has 1 heterocycles. The molecular formula is C23H30N4O5S. The number of hydrogen-bond donors (Lipinski definition) is 1. The van der Waals surface area contributed by atoms with E-state index in [0.717, 1.165) is 11.1 Å². The molecule has 0 aromatic heterocycles. The van der Waals surface area contributed by atoms with E-state index < -0.39 is 10.0 Å². The zero-order valence-electron chi connectivity index (χ0n) is 19.2. The topological polar surface area (TPSA) is 113 Å². The molecule has 1 saturated heterocycles. The molecule has 33 heavy (non-hydrogen) atoms. The number of amides is 1. The van der Waals surface area contributed by atoms with E-state index in [1.807, 2.05) is 36.1 Å². The number of nitro groups is 1. The van der Waals surface area contributed by atoms with Gasteiger partial charge in [-0.05, 0) is 30.2 Å². The van der Waals surface area contributed by atoms with Gasteiger partial charge in [0.15, 0.2) is 0 Å². The summed E-state index contributed by atoms with van der Waals surface area (Å²) in [6.07, 6.45) is 5.60.